The molecule has 12 rings (SSSR count). The van der Waals surface area contributed by atoms with Gasteiger partial charge in [0, 0.05) is 76.7 Å². The Bertz CT molecular complexity index is 5500. The lowest BCUT2D eigenvalue weighted by atomic mass is 9.80. The lowest BCUT2D eigenvalue weighted by Crippen LogP contribution is -2.22. The summed E-state index contributed by atoms with van der Waals surface area (Å²) in [7, 11) is 14.6. The molecule has 0 saturated carbocycles. The first-order chi connectivity index (χ1) is 59.1. The average Bonchev–Trinajstić information content (AvgIpc) is 0.775. The Morgan fingerprint density at radius 2 is 0.536 bits per heavy atom. The molecule has 12 N–H and O–H groups in total. The largest absolute Gasteiger partial charge is 0.507 e. The highest BCUT2D eigenvalue weighted by molar-refractivity contribution is 7.57. The zero-order valence-corrected chi connectivity index (χ0v) is 85.1. The van der Waals surface area contributed by atoms with E-state index in [1.807, 2.05) is 112 Å². The summed E-state index contributed by atoms with van der Waals surface area (Å²) in [4.78, 5) is 0. The molecule has 0 fully saturated rings. The molecule has 125 heavy (non-hydrogen) atoms. The van der Waals surface area contributed by atoms with E-state index in [1.54, 1.807) is 12.1 Å². The fourth-order valence-electron chi connectivity index (χ4n) is 14.3. The number of hydrogen-bond donors (Lipinski definition) is 12. The Balaban J connectivity index is 0.000000207. The zero-order valence-electron chi connectivity index (χ0n) is 79.1. The topological polar surface area (TPSA) is 194 Å². The third-order valence-corrected chi connectivity index (χ3v) is 30.2. The van der Waals surface area contributed by atoms with E-state index in [0.717, 1.165) is 93.3 Å². The minimum atomic E-state index is -0.0931. The molecule has 0 aromatic heterocycles. The van der Waals surface area contributed by atoms with E-state index in [2.05, 4.69) is 295 Å². The van der Waals surface area contributed by atoms with Crippen molar-refractivity contribution in [3.8, 4) is 34.5 Å². The number of phenols is 6. The van der Waals surface area contributed by atoms with Gasteiger partial charge in [0.25, 0.3) is 0 Å². The average molecular weight is 1790 g/mol. The second-order valence-corrected chi connectivity index (χ2v) is 43.5. The normalized spacial score (nSPS) is 11.8. The van der Waals surface area contributed by atoms with Gasteiger partial charge < -0.3 is 62.5 Å². The van der Waals surface area contributed by atoms with Gasteiger partial charge in [0.05, 0.1) is 0 Å². The van der Waals surface area contributed by atoms with Gasteiger partial charge in [0.2, 0.25) is 0 Å². The summed E-state index contributed by atoms with van der Waals surface area (Å²) in [6.07, 6.45) is 0. The van der Waals surface area contributed by atoms with E-state index in [1.165, 1.54) is 121 Å². The van der Waals surface area contributed by atoms with Gasteiger partial charge >= 0.3 is 0 Å². The minimum Gasteiger partial charge on any atom is -0.507 e. The van der Waals surface area contributed by atoms with Crippen molar-refractivity contribution in [3.05, 3.63) is 318 Å². The maximum absolute atomic E-state index is 11.1. The molecule has 0 radical (unpaired) electrons. The Morgan fingerprint density at radius 3 is 0.952 bits per heavy atom. The molecule has 0 saturated heterocycles. The van der Waals surface area contributed by atoms with Crippen LogP contribution >= 0.6 is 51.5 Å². The first kappa shape index (κ1) is 104. The molecule has 6 atom stereocenters. The Morgan fingerprint density at radius 1 is 0.224 bits per heavy atom. The van der Waals surface area contributed by atoms with Crippen molar-refractivity contribution >= 4 is 115 Å². The number of aryl methyl sites for hydroxylation is 11. The number of aromatic hydroxyl groups is 6. The number of hydrogen-bond acceptors (Lipinski definition) is 12. The van der Waals surface area contributed by atoms with Gasteiger partial charge in [0.1, 0.15) is 34.5 Å². The van der Waals surface area contributed by atoms with Gasteiger partial charge in [-0.15, -0.1) is 0 Å². The molecule has 12 aromatic carbocycles. The van der Waals surface area contributed by atoms with Crippen molar-refractivity contribution in [1.29, 1.82) is 0 Å². The van der Waals surface area contributed by atoms with Gasteiger partial charge in [0.15, 0.2) is 0 Å². The van der Waals surface area contributed by atoms with Crippen LogP contribution in [0.25, 0.3) is 0 Å². The van der Waals surface area contributed by atoms with Crippen LogP contribution in [0.5, 0.6) is 34.5 Å². The van der Waals surface area contributed by atoms with Gasteiger partial charge in [-0.05, 0) is 281 Å². The number of benzene rings is 12. The van der Waals surface area contributed by atoms with Crippen molar-refractivity contribution in [2.24, 2.45) is 0 Å². The third kappa shape index (κ3) is 31.6. The van der Waals surface area contributed by atoms with E-state index in [-0.39, 0.29) is 16.2 Å². The molecular formula is C107H142N6O6P6. The van der Waals surface area contributed by atoms with Crippen LogP contribution in [-0.2, 0) is 55.5 Å². The molecule has 0 aliphatic rings. The van der Waals surface area contributed by atoms with Crippen molar-refractivity contribution in [1.82, 2.24) is 31.9 Å². The van der Waals surface area contributed by atoms with Crippen molar-refractivity contribution in [2.45, 2.75) is 194 Å². The lowest BCUT2D eigenvalue weighted by Gasteiger charge is -2.28. The summed E-state index contributed by atoms with van der Waals surface area (Å²) in [6, 6.07) is 71.0. The van der Waals surface area contributed by atoms with E-state index in [9.17, 15) is 30.6 Å². The molecule has 0 spiro atoms. The van der Waals surface area contributed by atoms with Gasteiger partial charge in [-0.3, -0.25) is 0 Å². The molecule has 0 aliphatic heterocycles. The molecule has 0 heterocycles. The first-order valence-corrected chi connectivity index (χ1v) is 49.0. The van der Waals surface area contributed by atoms with Crippen LogP contribution in [0.1, 0.15) is 174 Å². The Labute approximate surface area is 760 Å². The van der Waals surface area contributed by atoms with Gasteiger partial charge in [-0.25, -0.2) is 0 Å². The van der Waals surface area contributed by atoms with Crippen molar-refractivity contribution in [2.75, 3.05) is 42.3 Å². The zero-order chi connectivity index (χ0) is 92.2. The molecule has 12 aromatic rings. The maximum Gasteiger partial charge on any atom is 0.127 e. The highest BCUT2D eigenvalue weighted by atomic mass is 31.1. The number of rotatable bonds is 24. The number of nitrogens with one attached hydrogen (secondary N) is 6. The number of para-hydroxylation sites is 2. The predicted molar refractivity (Wildman–Crippen MR) is 558 cm³/mol. The van der Waals surface area contributed by atoms with Crippen LogP contribution in [-0.4, -0.2) is 72.9 Å². The molecule has 6 unspecified atom stereocenters. The van der Waals surface area contributed by atoms with E-state index in [0.29, 0.717) is 86.0 Å². The van der Waals surface area contributed by atoms with Crippen molar-refractivity contribution in [3.63, 3.8) is 0 Å². The van der Waals surface area contributed by atoms with Crippen LogP contribution in [0, 0.1) is 76.2 Å². The lowest BCUT2D eigenvalue weighted by molar-refractivity contribution is 0.449. The summed E-state index contributed by atoms with van der Waals surface area (Å²) in [5.74, 6) is 2.53. The highest BCUT2D eigenvalue weighted by Gasteiger charge is 2.27. The van der Waals surface area contributed by atoms with Crippen molar-refractivity contribution < 1.29 is 30.6 Å². The molecular weight excluding hydrogens is 1650 g/mol. The van der Waals surface area contributed by atoms with E-state index in [4.69, 9.17) is 0 Å². The van der Waals surface area contributed by atoms with E-state index >= 15 is 0 Å². The SMILES string of the molecule is CNCc1cc(C)ccc1Pc1cc(C)cc(C)c1O.CNCc1cc(C)ccc1Pc1cc(C)ccc1O.CNCc1cc(C)ccc1Pc1cccc(C)c1O.CNCc1cc(C)ccc1Pc1ccccc1O.CNCc1cccc(C)c1Pc1cc(C(C)(C)C)cc(C(C)(C)C)c1O.CNCc1cccc(C)c1Pc1cc(C(C)(C)C)cc(C)c1O. The fraction of sp³-hybridized carbons (Fsp3) is 0.327. The summed E-state index contributed by atoms with van der Waals surface area (Å²) >= 11 is 0. The summed E-state index contributed by atoms with van der Waals surface area (Å²) < 4.78 is 0. The smallest absolute Gasteiger partial charge is 0.127 e. The molecule has 0 aliphatic carbocycles. The third-order valence-electron chi connectivity index (χ3n) is 21.3. The second-order valence-electron chi connectivity index (χ2n) is 35.6. The predicted octanol–water partition coefficient (Wildman–Crippen LogP) is 17.7. The standard InChI is InChI=1S/C23H34NOP.C20H28NOP.C17H22NOP.2C16H20NOP.C15H18NOP/c1-15-10-9-11-16(14-24-8)21(15)26-19-13-17(22(2,3)4)12-18(20(19)25)23(5,6)7;1-13-8-7-9-15(12-21-6)19(13)23-17-11-16(20(3,4)5)10-14(2)18(17)22;1-11-5-6-15(14(8-11)10-18-4)20-16-9-12(2)7-13(3)17(16)19;1-11-5-7-15(13(8-11)10-17-3)19-16-9-12(2)4-6-14(16)18;1-11-7-8-14(13(9-11)10-17-3)19-15-6-4-5-12(2)16(15)18;1-11-7-8-14(12(9-11)10-16-2)18-15-6-4-3-5-13(15)17/h9-13,24-26H,14H2,1-8H3;7-11,21-23H,12H2,1-6H3;5-9,18-20H,10H2,1-4H3;2*4-9,17-19H,10H2,1-3H3;3-9,16-18H,10H2,1-2H3. The minimum absolute atomic E-state index is 0.0481. The van der Waals surface area contributed by atoms with E-state index < -0.39 is 0 Å². The Hall–Kier alpha value is -8.22. The van der Waals surface area contributed by atoms with Gasteiger partial charge in [-0.2, -0.15) is 0 Å². The summed E-state index contributed by atoms with van der Waals surface area (Å²) in [5, 5.41) is 95.1. The molecule has 12 nitrogen and oxygen atoms in total. The molecule has 18 heteroatoms. The number of phenolic OH excluding ortho intramolecular Hbond substituents is 6. The fourth-order valence-corrected chi connectivity index (χ4v) is 22.2. The molecule has 0 amide bonds. The van der Waals surface area contributed by atoms with Crippen LogP contribution < -0.4 is 95.6 Å². The summed E-state index contributed by atoms with van der Waals surface area (Å²) in [5.41, 5.74) is 24.4. The van der Waals surface area contributed by atoms with Crippen LogP contribution in [0.4, 0.5) is 0 Å². The highest BCUT2D eigenvalue weighted by Crippen LogP contribution is 2.38. The van der Waals surface area contributed by atoms with Crippen LogP contribution in [0.2, 0.25) is 0 Å². The van der Waals surface area contributed by atoms with Gasteiger partial charge in [-0.1, -0.05) is 311 Å². The molecule has 0 bridgehead atoms. The quantitative estimate of drug-likeness (QED) is 0.0257. The first-order valence-electron chi connectivity index (χ1n) is 43.0. The molecule has 666 valence electrons. The van der Waals surface area contributed by atoms with Crippen LogP contribution in [0.3, 0.4) is 0 Å². The maximum atomic E-state index is 11.1. The Kier molecular flexibility index (Phi) is 41.0. The summed E-state index contributed by atoms with van der Waals surface area (Å²) in [6.45, 7) is 47.7. The second kappa shape index (κ2) is 49.4. The van der Waals surface area contributed by atoms with Crippen LogP contribution in [0.15, 0.2) is 206 Å². The monoisotopic (exact) mass is 1790 g/mol.